The van der Waals surface area contributed by atoms with E-state index in [0.717, 1.165) is 24.8 Å². The van der Waals surface area contributed by atoms with Crippen molar-refractivity contribution in [3.8, 4) is 0 Å². The second-order valence-electron chi connectivity index (χ2n) is 15.2. The average molecular weight is 727 g/mol. The van der Waals surface area contributed by atoms with Crippen molar-refractivity contribution in [2.75, 3.05) is 13.6 Å². The van der Waals surface area contributed by atoms with Crippen LogP contribution in [0.1, 0.15) is 111 Å². The minimum absolute atomic E-state index is 0.0788. The number of nitrogens with one attached hydrogen (secondary N) is 5. The molecule has 52 heavy (non-hydrogen) atoms. The fourth-order valence-electron chi connectivity index (χ4n) is 7.47. The number of rotatable bonds is 19. The molecule has 0 radical (unpaired) electrons. The average Bonchev–Trinajstić information content (AvgIpc) is 3.72. The van der Waals surface area contributed by atoms with Gasteiger partial charge >= 0.3 is 0 Å². The zero-order valence-electron chi connectivity index (χ0n) is 32.1. The highest BCUT2D eigenvalue weighted by molar-refractivity contribution is 5.95. The molecule has 2 fully saturated rings. The number of hydrogen-bond acceptors (Lipinski definition) is 7. The Morgan fingerprint density at radius 2 is 1.44 bits per heavy atom. The van der Waals surface area contributed by atoms with Crippen molar-refractivity contribution in [1.29, 1.82) is 0 Å². The molecule has 0 spiro atoms. The lowest BCUT2D eigenvalue weighted by atomic mass is 9.92. The van der Waals surface area contributed by atoms with Crippen LogP contribution in [0.25, 0.3) is 0 Å². The van der Waals surface area contributed by atoms with Crippen molar-refractivity contribution in [3.05, 3.63) is 35.9 Å². The molecule has 1 aromatic carbocycles. The lowest BCUT2D eigenvalue weighted by Crippen LogP contribution is -2.60. The van der Waals surface area contributed by atoms with Gasteiger partial charge in [0.15, 0.2) is 6.10 Å². The Labute approximate surface area is 309 Å². The van der Waals surface area contributed by atoms with Crippen molar-refractivity contribution in [3.63, 3.8) is 0 Å². The van der Waals surface area contributed by atoms with Gasteiger partial charge in [-0.15, -0.1) is 0 Å². The topological polar surface area (TPSA) is 186 Å². The van der Waals surface area contributed by atoms with Crippen molar-refractivity contribution in [2.24, 2.45) is 23.7 Å². The number of amides is 6. The van der Waals surface area contributed by atoms with Crippen LogP contribution in [0.3, 0.4) is 0 Å². The number of hydrogen-bond donors (Lipinski definition) is 6. The molecule has 13 heteroatoms. The molecule has 1 aliphatic heterocycles. The van der Waals surface area contributed by atoms with E-state index in [1.807, 2.05) is 71.9 Å². The van der Waals surface area contributed by atoms with Crippen molar-refractivity contribution < 1.29 is 33.9 Å². The molecule has 6 N–H and O–H groups in total. The van der Waals surface area contributed by atoms with E-state index in [1.165, 1.54) is 0 Å². The van der Waals surface area contributed by atoms with Crippen LogP contribution in [0.5, 0.6) is 0 Å². The van der Waals surface area contributed by atoms with Gasteiger partial charge in [-0.2, -0.15) is 0 Å². The summed E-state index contributed by atoms with van der Waals surface area (Å²) in [7, 11) is 1.56. The van der Waals surface area contributed by atoms with Crippen LogP contribution < -0.4 is 26.6 Å². The predicted molar refractivity (Wildman–Crippen MR) is 198 cm³/mol. The molecule has 290 valence electrons. The van der Waals surface area contributed by atoms with E-state index in [-0.39, 0.29) is 53.9 Å². The number of aliphatic hydroxyl groups excluding tert-OH is 1. The van der Waals surface area contributed by atoms with Crippen LogP contribution in [-0.4, -0.2) is 89.3 Å². The van der Waals surface area contributed by atoms with E-state index >= 15 is 0 Å². The SMILES string of the molecule is CCCC(NC(=O)C1[C@H]2CCC[C@H]2CN1C(=O)[C@@H](NC(=O)[C@@H](NC(=O)CCCCC(=O)NC)C(C)C)C(C)C)C(O)C(=O)N[C@@H](C)c1ccccc1. The van der Waals surface area contributed by atoms with Crippen LogP contribution >= 0.6 is 0 Å². The first kappa shape index (κ1) is 42.4. The molecule has 13 nitrogen and oxygen atoms in total. The standard InChI is InChI=1S/C39H62N6O7/c1-8-15-29(35(48)38(51)41-25(6)26-16-10-9-11-17-26)42-37(50)34-28-19-14-18-27(28)22-45(34)39(52)33(24(4)5)44-36(49)32(23(2)3)43-31(47)21-13-12-20-30(46)40-7/h9-11,16-17,23-25,27-29,32-35,48H,8,12-15,18-22H2,1-7H3,(H,40,46)(H,41,51)(H,42,50)(H,43,47)(H,44,49)/t25-,27-,28-,29?,32-,33-,34?,35?/m0/s1. The largest absolute Gasteiger partial charge is 0.381 e. The summed E-state index contributed by atoms with van der Waals surface area (Å²) < 4.78 is 0. The highest BCUT2D eigenvalue weighted by Gasteiger charge is 2.51. The summed E-state index contributed by atoms with van der Waals surface area (Å²) in [6.07, 6.45) is 3.56. The normalized spacial score (nSPS) is 21.0. The first-order chi connectivity index (χ1) is 24.7. The summed E-state index contributed by atoms with van der Waals surface area (Å²) in [4.78, 5) is 81.2. The van der Waals surface area contributed by atoms with Crippen LogP contribution in [-0.2, 0) is 28.8 Å². The van der Waals surface area contributed by atoms with Crippen LogP contribution in [0, 0.1) is 23.7 Å². The van der Waals surface area contributed by atoms with E-state index in [1.54, 1.807) is 11.9 Å². The zero-order chi connectivity index (χ0) is 38.5. The number of unbranched alkanes of at least 4 members (excludes halogenated alkanes) is 1. The first-order valence-corrected chi connectivity index (χ1v) is 19.1. The molecule has 3 rings (SSSR count). The Bertz CT molecular complexity index is 1370. The van der Waals surface area contributed by atoms with E-state index in [4.69, 9.17) is 0 Å². The van der Waals surface area contributed by atoms with E-state index in [0.29, 0.717) is 38.6 Å². The summed E-state index contributed by atoms with van der Waals surface area (Å²) in [6.45, 7) is 11.4. The Morgan fingerprint density at radius 1 is 0.808 bits per heavy atom. The second kappa shape index (κ2) is 20.3. The number of likely N-dealkylation sites (tertiary alicyclic amines) is 1. The zero-order valence-corrected chi connectivity index (χ0v) is 32.1. The number of benzene rings is 1. The molecule has 0 bridgehead atoms. The van der Waals surface area contributed by atoms with Crippen molar-refractivity contribution in [2.45, 2.75) is 136 Å². The van der Waals surface area contributed by atoms with E-state index < -0.39 is 48.0 Å². The quantitative estimate of drug-likeness (QED) is 0.118. The van der Waals surface area contributed by atoms with Gasteiger partial charge < -0.3 is 36.6 Å². The molecule has 1 saturated carbocycles. The fourth-order valence-corrected chi connectivity index (χ4v) is 7.47. The van der Waals surface area contributed by atoms with Gasteiger partial charge in [0.25, 0.3) is 5.91 Å². The summed E-state index contributed by atoms with van der Waals surface area (Å²) in [5, 5.41) is 25.2. The van der Waals surface area contributed by atoms with Gasteiger partial charge in [0.05, 0.1) is 12.1 Å². The Kier molecular flexibility index (Phi) is 16.6. The Morgan fingerprint density at radius 3 is 2.04 bits per heavy atom. The summed E-state index contributed by atoms with van der Waals surface area (Å²) in [5.41, 5.74) is 0.884. The molecule has 6 amide bonds. The Hall–Kier alpha value is -4.00. The Balaban J connectivity index is 1.73. The van der Waals surface area contributed by atoms with Crippen LogP contribution in [0.15, 0.2) is 30.3 Å². The molecular weight excluding hydrogens is 664 g/mol. The monoisotopic (exact) mass is 726 g/mol. The van der Waals surface area contributed by atoms with Gasteiger partial charge in [0.1, 0.15) is 18.1 Å². The van der Waals surface area contributed by atoms with Gasteiger partial charge in [-0.05, 0) is 68.3 Å². The van der Waals surface area contributed by atoms with Gasteiger partial charge in [-0.3, -0.25) is 28.8 Å². The third kappa shape index (κ3) is 11.5. The molecule has 1 saturated heterocycles. The molecule has 1 heterocycles. The molecule has 2 aliphatic rings. The summed E-state index contributed by atoms with van der Waals surface area (Å²) in [5.74, 6) is -2.81. The van der Waals surface area contributed by atoms with Crippen molar-refractivity contribution >= 4 is 35.4 Å². The third-order valence-electron chi connectivity index (χ3n) is 10.5. The minimum atomic E-state index is -1.50. The highest BCUT2D eigenvalue weighted by Crippen LogP contribution is 2.42. The molecule has 3 unspecified atom stereocenters. The van der Waals surface area contributed by atoms with Gasteiger partial charge in [-0.1, -0.05) is 77.8 Å². The van der Waals surface area contributed by atoms with Gasteiger partial charge in [0, 0.05) is 26.4 Å². The first-order valence-electron chi connectivity index (χ1n) is 19.1. The lowest BCUT2D eigenvalue weighted by molar-refractivity contribution is -0.144. The van der Waals surface area contributed by atoms with Crippen LogP contribution in [0.2, 0.25) is 0 Å². The molecular formula is C39H62N6O7. The maximum Gasteiger partial charge on any atom is 0.251 e. The number of nitrogens with zero attached hydrogens (tertiary/aromatic N) is 1. The molecule has 0 aromatic heterocycles. The highest BCUT2D eigenvalue weighted by atomic mass is 16.3. The minimum Gasteiger partial charge on any atom is -0.381 e. The van der Waals surface area contributed by atoms with Gasteiger partial charge in [-0.25, -0.2) is 0 Å². The third-order valence-corrected chi connectivity index (χ3v) is 10.5. The summed E-state index contributed by atoms with van der Waals surface area (Å²) in [6, 6.07) is 5.54. The molecule has 1 aliphatic carbocycles. The maximum atomic E-state index is 14.3. The van der Waals surface area contributed by atoms with Crippen molar-refractivity contribution in [1.82, 2.24) is 31.5 Å². The number of carbonyl (C=O) groups is 6. The van der Waals surface area contributed by atoms with E-state index in [9.17, 15) is 33.9 Å². The smallest absolute Gasteiger partial charge is 0.251 e. The summed E-state index contributed by atoms with van der Waals surface area (Å²) >= 11 is 0. The number of carbonyl (C=O) groups excluding carboxylic acids is 6. The number of fused-ring (bicyclic) bond motifs is 1. The maximum absolute atomic E-state index is 14.3. The second-order valence-corrected chi connectivity index (χ2v) is 15.2. The predicted octanol–water partition coefficient (Wildman–Crippen LogP) is 2.72. The lowest BCUT2D eigenvalue weighted by Gasteiger charge is -2.34. The molecule has 1 aromatic rings. The van der Waals surface area contributed by atoms with Crippen LogP contribution in [0.4, 0.5) is 0 Å². The fraction of sp³-hybridized carbons (Fsp3) is 0.692. The molecule has 8 atom stereocenters. The van der Waals surface area contributed by atoms with Gasteiger partial charge in [0.2, 0.25) is 29.5 Å². The number of aliphatic hydroxyl groups is 1. The van der Waals surface area contributed by atoms with E-state index in [2.05, 4.69) is 26.6 Å².